The average Bonchev–Trinajstić information content (AvgIpc) is 3.12. The fourth-order valence-corrected chi connectivity index (χ4v) is 3.89. The van der Waals surface area contributed by atoms with E-state index in [0.29, 0.717) is 30.4 Å². The third-order valence-corrected chi connectivity index (χ3v) is 5.54. The van der Waals surface area contributed by atoms with Crippen LogP contribution in [0.1, 0.15) is 17.4 Å². The summed E-state index contributed by atoms with van der Waals surface area (Å²) in [5.41, 5.74) is 2.79. The van der Waals surface area contributed by atoms with Crippen LogP contribution in [-0.2, 0) is 11.3 Å². The molecule has 2 aromatic rings. The van der Waals surface area contributed by atoms with E-state index in [4.69, 9.17) is 16.3 Å². The largest absolute Gasteiger partial charge is 0.495 e. The van der Waals surface area contributed by atoms with Gasteiger partial charge < -0.3 is 9.64 Å². The van der Waals surface area contributed by atoms with Crippen molar-refractivity contribution in [3.05, 3.63) is 46.9 Å². The Kier molecular flexibility index (Phi) is 5.25. The number of hydrogen-bond donors (Lipinski definition) is 1. The van der Waals surface area contributed by atoms with Gasteiger partial charge in [-0.15, -0.1) is 0 Å². The number of nitrogens with zero attached hydrogens (tertiary/aromatic N) is 5. The van der Waals surface area contributed by atoms with Gasteiger partial charge in [0.1, 0.15) is 5.75 Å². The van der Waals surface area contributed by atoms with E-state index in [0.717, 1.165) is 41.4 Å². The highest BCUT2D eigenvalue weighted by Gasteiger charge is 2.28. The molecule has 4 rings (SSSR count). The number of benzene rings is 1. The molecule has 1 saturated heterocycles. The van der Waals surface area contributed by atoms with E-state index in [9.17, 15) is 10.0 Å². The normalized spacial score (nSPS) is 18.1. The van der Waals surface area contributed by atoms with Crippen molar-refractivity contribution in [1.29, 1.82) is 0 Å². The number of hydrogen-bond acceptors (Lipinski definition) is 7. The van der Waals surface area contributed by atoms with Crippen LogP contribution >= 0.6 is 11.6 Å². The van der Waals surface area contributed by atoms with E-state index < -0.39 is 6.17 Å². The van der Waals surface area contributed by atoms with Crippen LogP contribution in [0.15, 0.2) is 30.6 Å². The molecular formula is C19H22ClN5O3. The lowest BCUT2D eigenvalue weighted by Gasteiger charge is -2.39. The fraction of sp³-hybridized carbons (Fsp3) is 0.368. The number of piperazine rings is 1. The summed E-state index contributed by atoms with van der Waals surface area (Å²) in [7, 11) is 1.60. The monoisotopic (exact) mass is 403 g/mol. The third kappa shape index (κ3) is 3.46. The number of anilines is 1. The summed E-state index contributed by atoms with van der Waals surface area (Å²) in [6.07, 6.45) is 5.52. The summed E-state index contributed by atoms with van der Waals surface area (Å²) in [5, 5.41) is 15.8. The summed E-state index contributed by atoms with van der Waals surface area (Å²) in [5.74, 6) is 0.650. The Labute approximate surface area is 168 Å². The van der Waals surface area contributed by atoms with Crippen molar-refractivity contribution >= 4 is 29.7 Å². The molecule has 28 heavy (non-hydrogen) atoms. The van der Waals surface area contributed by atoms with E-state index in [-0.39, 0.29) is 0 Å². The van der Waals surface area contributed by atoms with Crippen molar-refractivity contribution in [2.75, 3.05) is 38.2 Å². The lowest BCUT2D eigenvalue weighted by atomic mass is 10.2. The first-order valence-corrected chi connectivity index (χ1v) is 9.46. The number of aromatic nitrogens is 2. The van der Waals surface area contributed by atoms with Crippen molar-refractivity contribution in [2.24, 2.45) is 0 Å². The van der Waals surface area contributed by atoms with Gasteiger partial charge in [-0.2, -0.15) is 5.10 Å². The second kappa shape index (κ2) is 7.83. The van der Waals surface area contributed by atoms with Gasteiger partial charge in [-0.1, -0.05) is 11.6 Å². The second-order valence-corrected chi connectivity index (χ2v) is 7.20. The van der Waals surface area contributed by atoms with Gasteiger partial charge in [0.2, 0.25) is 0 Å². The number of halogens is 1. The van der Waals surface area contributed by atoms with Crippen LogP contribution in [0.3, 0.4) is 0 Å². The number of carbonyl (C=O) groups is 1. The second-order valence-electron chi connectivity index (χ2n) is 6.80. The molecule has 1 fully saturated rings. The molecule has 8 nitrogen and oxygen atoms in total. The highest BCUT2D eigenvalue weighted by Crippen LogP contribution is 2.30. The smallest absolute Gasteiger partial charge is 0.160 e. The number of rotatable bonds is 5. The minimum atomic E-state index is -0.495. The zero-order valence-electron chi connectivity index (χ0n) is 15.5. The maximum atomic E-state index is 11.9. The lowest BCUT2D eigenvalue weighted by molar-refractivity contribution is -0.116. The van der Waals surface area contributed by atoms with Crippen LogP contribution in [0.2, 0.25) is 5.02 Å². The van der Waals surface area contributed by atoms with Crippen molar-refractivity contribution < 1.29 is 14.7 Å². The number of carbonyl (C=O) groups excluding carboxylic acids is 1. The average molecular weight is 404 g/mol. The van der Waals surface area contributed by atoms with Crippen LogP contribution in [-0.4, -0.2) is 64.5 Å². The quantitative estimate of drug-likeness (QED) is 0.767. The molecule has 0 aliphatic carbocycles. The molecule has 9 heteroatoms. The van der Waals surface area contributed by atoms with Crippen LogP contribution in [0.4, 0.5) is 5.69 Å². The molecule has 0 radical (unpaired) electrons. The summed E-state index contributed by atoms with van der Waals surface area (Å²) in [6.45, 7) is 3.26. The number of fused-ring (bicyclic) bond motifs is 1. The van der Waals surface area contributed by atoms with Gasteiger partial charge in [-0.3, -0.25) is 20.0 Å². The summed E-state index contributed by atoms with van der Waals surface area (Å²) in [4.78, 5) is 16.2. The first-order valence-electron chi connectivity index (χ1n) is 9.08. The Morgan fingerprint density at radius 2 is 2.07 bits per heavy atom. The van der Waals surface area contributed by atoms with Gasteiger partial charge >= 0.3 is 0 Å². The summed E-state index contributed by atoms with van der Waals surface area (Å²) < 4.78 is 7.01. The van der Waals surface area contributed by atoms with Crippen LogP contribution in [0, 0.1) is 0 Å². The van der Waals surface area contributed by atoms with E-state index in [1.165, 1.54) is 0 Å². The number of aldehydes is 1. The van der Waals surface area contributed by atoms with E-state index in [1.807, 2.05) is 18.2 Å². The zero-order chi connectivity index (χ0) is 19.7. The van der Waals surface area contributed by atoms with Crippen LogP contribution < -0.4 is 9.64 Å². The Hall–Kier alpha value is -2.55. The predicted molar refractivity (Wildman–Crippen MR) is 105 cm³/mol. The maximum absolute atomic E-state index is 11.9. The van der Waals surface area contributed by atoms with E-state index in [2.05, 4.69) is 14.9 Å². The molecule has 1 aromatic heterocycles. The van der Waals surface area contributed by atoms with E-state index >= 15 is 0 Å². The molecule has 0 amide bonds. The topological polar surface area (TPSA) is 74.1 Å². The highest BCUT2D eigenvalue weighted by atomic mass is 35.5. The van der Waals surface area contributed by atoms with Crippen molar-refractivity contribution in [3.8, 4) is 5.75 Å². The maximum Gasteiger partial charge on any atom is 0.160 e. The third-order valence-electron chi connectivity index (χ3n) is 5.23. The number of methoxy groups -OCH3 is 1. The number of hydroxylamine groups is 2. The first-order chi connectivity index (χ1) is 13.6. The van der Waals surface area contributed by atoms with E-state index in [1.54, 1.807) is 30.3 Å². The molecule has 0 saturated carbocycles. The molecule has 1 N–H and O–H groups in total. The molecular weight excluding hydrogens is 382 g/mol. The Bertz CT molecular complexity index is 892. The van der Waals surface area contributed by atoms with Gasteiger partial charge in [-0.05, 0) is 18.2 Å². The molecule has 0 bridgehead atoms. The molecule has 1 unspecified atom stereocenters. The molecule has 3 heterocycles. The molecule has 2 aliphatic rings. The molecule has 1 atom stereocenters. The highest BCUT2D eigenvalue weighted by molar-refractivity contribution is 6.32. The number of ether oxygens (including phenoxy) is 1. The van der Waals surface area contributed by atoms with Gasteiger partial charge in [0.15, 0.2) is 12.5 Å². The molecule has 148 valence electrons. The van der Waals surface area contributed by atoms with Crippen molar-refractivity contribution in [1.82, 2.24) is 19.7 Å². The molecule has 2 aliphatic heterocycles. The van der Waals surface area contributed by atoms with Gasteiger partial charge in [0.05, 0.1) is 30.6 Å². The minimum absolute atomic E-state index is 0.306. The summed E-state index contributed by atoms with van der Waals surface area (Å²) in [6, 6.07) is 5.74. The van der Waals surface area contributed by atoms with Gasteiger partial charge in [-0.25, -0.2) is 4.68 Å². The molecule has 0 spiro atoms. The first kappa shape index (κ1) is 18.8. The zero-order valence-corrected chi connectivity index (χ0v) is 16.3. The van der Waals surface area contributed by atoms with Crippen LogP contribution in [0.5, 0.6) is 5.75 Å². The predicted octanol–water partition coefficient (Wildman–Crippen LogP) is 2.24. The SMILES string of the molecule is COc1cc(N2CCN(C(C=O)n3ncc4c3CN(O)C=C4)CC2)ccc1Cl. The Morgan fingerprint density at radius 1 is 1.29 bits per heavy atom. The Morgan fingerprint density at radius 3 is 2.79 bits per heavy atom. The lowest BCUT2D eigenvalue weighted by Crippen LogP contribution is -2.49. The van der Waals surface area contributed by atoms with Crippen molar-refractivity contribution in [2.45, 2.75) is 12.7 Å². The molecule has 1 aromatic carbocycles. The van der Waals surface area contributed by atoms with Crippen molar-refractivity contribution in [3.63, 3.8) is 0 Å². The fourth-order valence-electron chi connectivity index (χ4n) is 3.69. The standard InChI is InChI=1S/C19H22ClN5O3/c1-28-18-10-15(2-3-16(18)20)22-6-8-23(9-7-22)19(13-26)25-17-12-24(27)5-4-14(17)11-21-25/h2-5,10-11,13,19,27H,6-9,12H2,1H3. The van der Waals surface area contributed by atoms with Crippen LogP contribution in [0.25, 0.3) is 6.08 Å². The Balaban J connectivity index is 1.48. The van der Waals surface area contributed by atoms with Gasteiger partial charge in [0, 0.05) is 49.7 Å². The minimum Gasteiger partial charge on any atom is -0.495 e. The summed E-state index contributed by atoms with van der Waals surface area (Å²) >= 11 is 6.12. The van der Waals surface area contributed by atoms with Gasteiger partial charge in [0.25, 0.3) is 0 Å².